The van der Waals surface area contributed by atoms with Crippen LogP contribution in [0.1, 0.15) is 30.0 Å². The summed E-state index contributed by atoms with van der Waals surface area (Å²) in [5.74, 6) is 1.93. The number of sulfonamides is 1. The molecule has 0 radical (unpaired) electrons. The number of rotatable bonds is 7. The van der Waals surface area contributed by atoms with Crippen molar-refractivity contribution in [3.8, 4) is 17.2 Å². The maximum absolute atomic E-state index is 12.8. The van der Waals surface area contributed by atoms with Crippen molar-refractivity contribution in [1.82, 2.24) is 9.62 Å². The summed E-state index contributed by atoms with van der Waals surface area (Å²) < 4.78 is 44.9. The lowest BCUT2D eigenvalue weighted by Crippen LogP contribution is -2.35. The van der Waals surface area contributed by atoms with E-state index in [0.717, 1.165) is 36.4 Å². The monoisotopic (exact) mass is 432 g/mol. The fraction of sp³-hybridized carbons (Fsp3) is 0.455. The summed E-state index contributed by atoms with van der Waals surface area (Å²) in [4.78, 5) is 2.50. The highest BCUT2D eigenvalue weighted by Gasteiger charge is 2.28. The van der Waals surface area contributed by atoms with E-state index in [1.807, 2.05) is 19.1 Å². The standard InChI is InChI=1S/C22H28N2O5S/c1-16-5-7-20(27-2)22(14-16)30(25,26)23-9-11-24-10-3-4-18(24)17-6-8-19-21(15-17)29-13-12-28-19/h5-8,14-15,18,23H,3-4,9-13H2,1-2H3. The van der Waals surface area contributed by atoms with Crippen molar-refractivity contribution in [3.63, 3.8) is 0 Å². The first kappa shape index (κ1) is 21.0. The van der Waals surface area contributed by atoms with Gasteiger partial charge in [0.15, 0.2) is 11.5 Å². The Morgan fingerprint density at radius 2 is 1.93 bits per heavy atom. The van der Waals surface area contributed by atoms with E-state index in [1.54, 1.807) is 12.1 Å². The number of fused-ring (bicyclic) bond motifs is 1. The Labute approximate surface area is 178 Å². The van der Waals surface area contributed by atoms with Gasteiger partial charge in [-0.05, 0) is 61.7 Å². The first-order chi connectivity index (χ1) is 14.5. The maximum Gasteiger partial charge on any atom is 0.244 e. The largest absolute Gasteiger partial charge is 0.495 e. The van der Waals surface area contributed by atoms with Crippen LogP contribution in [0.2, 0.25) is 0 Å². The number of hydrogen-bond acceptors (Lipinski definition) is 6. The Hall–Kier alpha value is -2.29. The summed E-state index contributed by atoms with van der Waals surface area (Å²) in [6.07, 6.45) is 2.12. The van der Waals surface area contributed by atoms with Gasteiger partial charge in [-0.1, -0.05) is 12.1 Å². The van der Waals surface area contributed by atoms with Crippen LogP contribution in [0.5, 0.6) is 17.2 Å². The molecule has 1 fully saturated rings. The molecule has 30 heavy (non-hydrogen) atoms. The van der Waals surface area contributed by atoms with E-state index in [-0.39, 0.29) is 10.9 Å². The number of nitrogens with zero attached hydrogens (tertiary/aromatic N) is 1. The van der Waals surface area contributed by atoms with Crippen LogP contribution in [0, 0.1) is 6.92 Å². The van der Waals surface area contributed by atoms with Crippen LogP contribution < -0.4 is 18.9 Å². The SMILES string of the molecule is COc1ccc(C)cc1S(=O)(=O)NCCN1CCCC1c1ccc2c(c1)OCCO2. The van der Waals surface area contributed by atoms with Gasteiger partial charge in [0, 0.05) is 19.1 Å². The van der Waals surface area contributed by atoms with E-state index in [2.05, 4.69) is 21.8 Å². The molecule has 8 heteroatoms. The molecule has 1 N–H and O–H groups in total. The van der Waals surface area contributed by atoms with Crippen LogP contribution >= 0.6 is 0 Å². The average molecular weight is 433 g/mol. The molecular formula is C22H28N2O5S. The van der Waals surface area contributed by atoms with Gasteiger partial charge in [0.1, 0.15) is 23.9 Å². The van der Waals surface area contributed by atoms with Crippen molar-refractivity contribution in [2.45, 2.75) is 30.7 Å². The highest BCUT2D eigenvalue weighted by Crippen LogP contribution is 2.37. The van der Waals surface area contributed by atoms with E-state index in [9.17, 15) is 8.42 Å². The molecule has 2 aromatic carbocycles. The zero-order valence-electron chi connectivity index (χ0n) is 17.4. The molecule has 1 atom stereocenters. The summed E-state index contributed by atoms with van der Waals surface area (Å²) in [7, 11) is -2.17. The minimum absolute atomic E-state index is 0.176. The zero-order valence-corrected chi connectivity index (χ0v) is 18.2. The Morgan fingerprint density at radius 1 is 1.13 bits per heavy atom. The number of ether oxygens (including phenoxy) is 3. The van der Waals surface area contributed by atoms with Gasteiger partial charge in [-0.25, -0.2) is 13.1 Å². The lowest BCUT2D eigenvalue weighted by Gasteiger charge is -2.26. The third-order valence-corrected chi connectivity index (χ3v) is 7.10. The molecule has 0 spiro atoms. The second-order valence-corrected chi connectivity index (χ2v) is 9.38. The van der Waals surface area contributed by atoms with Gasteiger partial charge in [-0.3, -0.25) is 4.90 Å². The molecule has 2 aromatic rings. The van der Waals surface area contributed by atoms with E-state index in [0.29, 0.717) is 32.1 Å². The summed E-state index contributed by atoms with van der Waals surface area (Å²) in [6.45, 7) is 4.91. The molecule has 0 aromatic heterocycles. The van der Waals surface area contributed by atoms with Gasteiger partial charge in [0.05, 0.1) is 7.11 Å². The maximum atomic E-state index is 12.8. The summed E-state index contributed by atoms with van der Waals surface area (Å²) in [5.41, 5.74) is 2.05. The van der Waals surface area contributed by atoms with Crippen molar-refractivity contribution in [2.75, 3.05) is 40.0 Å². The molecule has 2 heterocycles. The van der Waals surface area contributed by atoms with E-state index >= 15 is 0 Å². The van der Waals surface area contributed by atoms with Gasteiger partial charge in [0.2, 0.25) is 10.0 Å². The zero-order chi connectivity index (χ0) is 21.1. The van der Waals surface area contributed by atoms with Gasteiger partial charge in [0.25, 0.3) is 0 Å². The molecule has 0 bridgehead atoms. The molecule has 1 saturated heterocycles. The summed E-state index contributed by atoms with van der Waals surface area (Å²) in [5, 5.41) is 0. The first-order valence-electron chi connectivity index (χ1n) is 10.3. The van der Waals surface area contributed by atoms with Crippen LogP contribution in [0.15, 0.2) is 41.3 Å². The van der Waals surface area contributed by atoms with Crippen LogP contribution in [0.3, 0.4) is 0 Å². The third-order valence-electron chi connectivity index (χ3n) is 5.61. The van der Waals surface area contributed by atoms with Crippen molar-refractivity contribution >= 4 is 10.0 Å². The van der Waals surface area contributed by atoms with Crippen LogP contribution in [-0.2, 0) is 10.0 Å². The molecule has 4 rings (SSSR count). The van der Waals surface area contributed by atoms with Crippen LogP contribution in [-0.4, -0.2) is 53.3 Å². The highest BCUT2D eigenvalue weighted by atomic mass is 32.2. The highest BCUT2D eigenvalue weighted by molar-refractivity contribution is 7.89. The number of nitrogens with one attached hydrogen (secondary N) is 1. The number of hydrogen-bond donors (Lipinski definition) is 1. The molecule has 7 nitrogen and oxygen atoms in total. The smallest absolute Gasteiger partial charge is 0.244 e. The summed E-state index contributed by atoms with van der Waals surface area (Å²) >= 11 is 0. The van der Waals surface area contributed by atoms with Crippen molar-refractivity contribution in [3.05, 3.63) is 47.5 Å². The minimum Gasteiger partial charge on any atom is -0.495 e. The molecule has 0 amide bonds. The Balaban J connectivity index is 1.42. The van der Waals surface area contributed by atoms with Crippen molar-refractivity contribution < 1.29 is 22.6 Å². The lowest BCUT2D eigenvalue weighted by atomic mass is 10.0. The predicted octanol–water partition coefficient (Wildman–Crippen LogP) is 2.89. The fourth-order valence-electron chi connectivity index (χ4n) is 4.13. The Bertz CT molecular complexity index is 1010. The first-order valence-corrected chi connectivity index (χ1v) is 11.7. The van der Waals surface area contributed by atoms with Crippen molar-refractivity contribution in [2.24, 2.45) is 0 Å². The molecule has 1 unspecified atom stereocenters. The molecule has 2 aliphatic rings. The second-order valence-electron chi connectivity index (χ2n) is 7.65. The van der Waals surface area contributed by atoms with Gasteiger partial charge < -0.3 is 14.2 Å². The number of likely N-dealkylation sites (tertiary alicyclic amines) is 1. The number of aryl methyl sites for hydroxylation is 1. The third kappa shape index (κ3) is 4.40. The predicted molar refractivity (Wildman–Crippen MR) is 114 cm³/mol. The average Bonchev–Trinajstić information content (AvgIpc) is 3.22. The second kappa shape index (κ2) is 8.83. The van der Waals surface area contributed by atoms with Gasteiger partial charge in [-0.15, -0.1) is 0 Å². The van der Waals surface area contributed by atoms with E-state index < -0.39 is 10.0 Å². The van der Waals surface area contributed by atoms with E-state index in [1.165, 1.54) is 12.7 Å². The van der Waals surface area contributed by atoms with E-state index in [4.69, 9.17) is 14.2 Å². The Morgan fingerprint density at radius 3 is 2.73 bits per heavy atom. The van der Waals surface area contributed by atoms with Crippen molar-refractivity contribution in [1.29, 1.82) is 0 Å². The van der Waals surface area contributed by atoms with Crippen LogP contribution in [0.25, 0.3) is 0 Å². The fourth-order valence-corrected chi connectivity index (χ4v) is 5.41. The van der Waals surface area contributed by atoms with Crippen LogP contribution in [0.4, 0.5) is 0 Å². The molecular weight excluding hydrogens is 404 g/mol. The lowest BCUT2D eigenvalue weighted by molar-refractivity contribution is 0.170. The van der Waals surface area contributed by atoms with Gasteiger partial charge in [-0.2, -0.15) is 0 Å². The summed E-state index contributed by atoms with van der Waals surface area (Å²) in [6, 6.07) is 11.5. The normalized spacial score (nSPS) is 19.1. The van der Waals surface area contributed by atoms with Gasteiger partial charge >= 0.3 is 0 Å². The molecule has 0 aliphatic carbocycles. The number of benzene rings is 2. The minimum atomic E-state index is -3.65. The number of methoxy groups -OCH3 is 1. The molecule has 0 saturated carbocycles. The Kier molecular flexibility index (Phi) is 6.17. The topological polar surface area (TPSA) is 77.1 Å². The molecule has 2 aliphatic heterocycles. The quantitative estimate of drug-likeness (QED) is 0.725. The molecule has 162 valence electrons.